The molecule has 0 atom stereocenters. The molecule has 0 unspecified atom stereocenters. The normalized spacial score (nSPS) is 34.7. The molecule has 0 radical (unpaired) electrons. The maximum absolute atomic E-state index is 9.86. The van der Waals surface area contributed by atoms with Gasteiger partial charge in [0.2, 0.25) is 5.89 Å². The maximum Gasteiger partial charge on any atom is 0.320 e. The van der Waals surface area contributed by atoms with Gasteiger partial charge in [-0.25, -0.2) is 0 Å². The van der Waals surface area contributed by atoms with E-state index in [1.165, 1.54) is 38.5 Å². The molecule has 4 saturated carbocycles. The Labute approximate surface area is 135 Å². The van der Waals surface area contributed by atoms with Crippen molar-refractivity contribution in [1.29, 1.82) is 0 Å². The lowest BCUT2D eigenvalue weighted by molar-refractivity contribution is -0.0175. The summed E-state index contributed by atoms with van der Waals surface area (Å²) in [6, 6.07) is 7.45. The fourth-order valence-electron chi connectivity index (χ4n) is 5.56. The second-order valence-corrected chi connectivity index (χ2v) is 7.75. The Morgan fingerprint density at radius 2 is 1.65 bits per heavy atom. The van der Waals surface area contributed by atoms with Gasteiger partial charge < -0.3 is 14.8 Å². The number of phenolic OH excluding ortho intramolecular Hbond substituents is 1. The first-order chi connectivity index (χ1) is 11.2. The van der Waals surface area contributed by atoms with Crippen LogP contribution in [0.1, 0.15) is 44.4 Å². The molecule has 5 nitrogen and oxygen atoms in total. The predicted molar refractivity (Wildman–Crippen MR) is 85.5 cm³/mol. The SMILES string of the molecule is Oc1ccccc1Nc1nnc(C23CC4CC(CC(C4)C2)C3)o1. The van der Waals surface area contributed by atoms with E-state index in [1.807, 2.05) is 6.07 Å². The third-order valence-corrected chi connectivity index (χ3v) is 6.06. The van der Waals surface area contributed by atoms with E-state index in [1.54, 1.807) is 18.2 Å². The minimum absolute atomic E-state index is 0.112. The van der Waals surface area contributed by atoms with Crippen molar-refractivity contribution in [2.45, 2.75) is 43.9 Å². The lowest BCUT2D eigenvalue weighted by Crippen LogP contribution is -2.48. The van der Waals surface area contributed by atoms with E-state index in [4.69, 9.17) is 4.42 Å². The average molecular weight is 311 g/mol. The van der Waals surface area contributed by atoms with Gasteiger partial charge in [-0.3, -0.25) is 0 Å². The van der Waals surface area contributed by atoms with Crippen molar-refractivity contribution in [2.75, 3.05) is 5.32 Å². The lowest BCUT2D eigenvalue weighted by atomic mass is 9.49. The third kappa shape index (κ3) is 2.13. The fraction of sp³-hybridized carbons (Fsp3) is 0.556. The van der Waals surface area contributed by atoms with Crippen molar-refractivity contribution in [3.63, 3.8) is 0 Å². The molecule has 2 N–H and O–H groups in total. The molecule has 6 rings (SSSR count). The number of nitrogens with zero attached hydrogens (tertiary/aromatic N) is 2. The van der Waals surface area contributed by atoms with Crippen LogP contribution in [0.15, 0.2) is 28.7 Å². The van der Waals surface area contributed by atoms with Crippen LogP contribution < -0.4 is 5.32 Å². The largest absolute Gasteiger partial charge is 0.506 e. The van der Waals surface area contributed by atoms with Crippen LogP contribution in [0, 0.1) is 17.8 Å². The summed E-state index contributed by atoms with van der Waals surface area (Å²) < 4.78 is 5.98. The van der Waals surface area contributed by atoms with Gasteiger partial charge in [-0.2, -0.15) is 0 Å². The topological polar surface area (TPSA) is 71.2 Å². The van der Waals surface area contributed by atoms with Crippen LogP contribution in [0.2, 0.25) is 0 Å². The highest BCUT2D eigenvalue weighted by Crippen LogP contribution is 2.60. The zero-order valence-electron chi connectivity index (χ0n) is 13.0. The first-order valence-electron chi connectivity index (χ1n) is 8.59. The Kier molecular flexibility index (Phi) is 2.75. The number of aromatic nitrogens is 2. The number of nitrogens with one attached hydrogen (secondary N) is 1. The molecule has 4 aliphatic carbocycles. The molecule has 4 bridgehead atoms. The first-order valence-corrected chi connectivity index (χ1v) is 8.59. The predicted octanol–water partition coefficient (Wildman–Crippen LogP) is 3.99. The van der Waals surface area contributed by atoms with Gasteiger partial charge in [-0.1, -0.05) is 17.2 Å². The Balaban J connectivity index is 1.43. The first kappa shape index (κ1) is 13.4. The Hall–Kier alpha value is -2.04. The van der Waals surface area contributed by atoms with Crippen molar-refractivity contribution in [1.82, 2.24) is 10.2 Å². The van der Waals surface area contributed by atoms with Gasteiger partial charge in [0, 0.05) is 5.41 Å². The molecule has 120 valence electrons. The number of rotatable bonds is 3. The van der Waals surface area contributed by atoms with Crippen LogP contribution in [0.25, 0.3) is 0 Å². The minimum atomic E-state index is 0.112. The van der Waals surface area contributed by atoms with Crippen molar-refractivity contribution >= 4 is 11.7 Å². The van der Waals surface area contributed by atoms with Crippen molar-refractivity contribution in [2.24, 2.45) is 17.8 Å². The fourth-order valence-corrected chi connectivity index (χ4v) is 5.56. The molecule has 0 spiro atoms. The van der Waals surface area contributed by atoms with Crippen LogP contribution in [0.3, 0.4) is 0 Å². The van der Waals surface area contributed by atoms with Crippen molar-refractivity contribution in [3.05, 3.63) is 30.2 Å². The Morgan fingerprint density at radius 3 is 2.30 bits per heavy atom. The van der Waals surface area contributed by atoms with Crippen LogP contribution in [0.4, 0.5) is 11.7 Å². The number of anilines is 2. The Bertz CT molecular complexity index is 704. The van der Waals surface area contributed by atoms with Gasteiger partial charge in [0.1, 0.15) is 5.75 Å². The summed E-state index contributed by atoms with van der Waals surface area (Å²) in [7, 11) is 0. The van der Waals surface area contributed by atoms with Gasteiger partial charge in [0.25, 0.3) is 0 Å². The van der Waals surface area contributed by atoms with E-state index in [0.717, 1.165) is 23.6 Å². The van der Waals surface area contributed by atoms with Crippen LogP contribution in [-0.2, 0) is 5.41 Å². The molecule has 5 heteroatoms. The standard InChI is InChI=1S/C18H21N3O2/c22-15-4-2-1-3-14(15)19-17-21-20-16(23-17)18-8-11-5-12(9-18)7-13(6-11)10-18/h1-4,11-13,22H,5-10H2,(H,19,21). The second-order valence-electron chi connectivity index (χ2n) is 7.75. The maximum atomic E-state index is 9.86. The van der Waals surface area contributed by atoms with E-state index in [9.17, 15) is 5.11 Å². The lowest BCUT2D eigenvalue weighted by Gasteiger charge is -2.55. The monoisotopic (exact) mass is 311 g/mol. The highest BCUT2D eigenvalue weighted by Gasteiger charge is 2.54. The highest BCUT2D eigenvalue weighted by molar-refractivity contribution is 5.60. The molecule has 4 fully saturated rings. The third-order valence-electron chi connectivity index (χ3n) is 6.06. The molecule has 2 aromatic rings. The highest BCUT2D eigenvalue weighted by atomic mass is 16.4. The zero-order valence-corrected chi connectivity index (χ0v) is 13.0. The van der Waals surface area contributed by atoms with E-state index in [-0.39, 0.29) is 11.2 Å². The molecule has 1 aromatic carbocycles. The molecule has 1 heterocycles. The second kappa shape index (κ2) is 4.73. The summed E-state index contributed by atoms with van der Waals surface area (Å²) in [5, 5.41) is 21.4. The number of aromatic hydroxyl groups is 1. The molecule has 0 saturated heterocycles. The molecule has 1 aromatic heterocycles. The van der Waals surface area contributed by atoms with Crippen LogP contribution in [-0.4, -0.2) is 15.3 Å². The average Bonchev–Trinajstić information content (AvgIpc) is 2.98. The van der Waals surface area contributed by atoms with Crippen molar-refractivity contribution < 1.29 is 9.52 Å². The molecule has 23 heavy (non-hydrogen) atoms. The number of para-hydroxylation sites is 2. The summed E-state index contributed by atoms with van der Waals surface area (Å²) in [6.45, 7) is 0. The van der Waals surface area contributed by atoms with Gasteiger partial charge in [0.05, 0.1) is 5.69 Å². The van der Waals surface area contributed by atoms with Gasteiger partial charge in [-0.15, -0.1) is 5.10 Å². The van der Waals surface area contributed by atoms with Gasteiger partial charge in [0.15, 0.2) is 0 Å². The molecule has 0 amide bonds. The number of phenols is 1. The van der Waals surface area contributed by atoms with E-state index >= 15 is 0 Å². The smallest absolute Gasteiger partial charge is 0.320 e. The zero-order chi connectivity index (χ0) is 15.4. The number of benzene rings is 1. The van der Waals surface area contributed by atoms with Crippen molar-refractivity contribution in [3.8, 4) is 5.75 Å². The van der Waals surface area contributed by atoms with E-state index in [0.29, 0.717) is 11.7 Å². The molecule has 0 aliphatic heterocycles. The van der Waals surface area contributed by atoms with Crippen LogP contribution in [0.5, 0.6) is 5.75 Å². The summed E-state index contributed by atoms with van der Waals surface area (Å²) in [6.07, 6.45) is 7.81. The molecular formula is C18H21N3O2. The number of hydrogen-bond donors (Lipinski definition) is 2. The molecular weight excluding hydrogens is 290 g/mol. The van der Waals surface area contributed by atoms with E-state index < -0.39 is 0 Å². The Morgan fingerprint density at radius 1 is 1.00 bits per heavy atom. The van der Waals surface area contributed by atoms with Gasteiger partial charge >= 0.3 is 6.01 Å². The number of hydrogen-bond acceptors (Lipinski definition) is 5. The minimum Gasteiger partial charge on any atom is -0.506 e. The summed E-state index contributed by atoms with van der Waals surface area (Å²) >= 11 is 0. The summed E-state index contributed by atoms with van der Waals surface area (Å²) in [5.74, 6) is 3.53. The molecule has 4 aliphatic rings. The van der Waals surface area contributed by atoms with Crippen LogP contribution >= 0.6 is 0 Å². The quantitative estimate of drug-likeness (QED) is 0.839. The van der Waals surface area contributed by atoms with E-state index in [2.05, 4.69) is 15.5 Å². The van der Waals surface area contributed by atoms with Gasteiger partial charge in [-0.05, 0) is 68.4 Å². The summed E-state index contributed by atoms with van der Waals surface area (Å²) in [4.78, 5) is 0. The summed E-state index contributed by atoms with van der Waals surface area (Å²) in [5.41, 5.74) is 0.702.